The lowest BCUT2D eigenvalue weighted by Crippen LogP contribution is -2.46. The number of ether oxygens (including phenoxy) is 1. The first-order chi connectivity index (χ1) is 14.0. The van der Waals surface area contributed by atoms with Gasteiger partial charge in [-0.1, -0.05) is 23.7 Å². The van der Waals surface area contributed by atoms with Gasteiger partial charge in [-0.2, -0.15) is 0 Å². The van der Waals surface area contributed by atoms with E-state index in [-0.39, 0.29) is 41.8 Å². The Hall–Kier alpha value is -1.10. The van der Waals surface area contributed by atoms with Gasteiger partial charge in [0.2, 0.25) is 5.91 Å². The van der Waals surface area contributed by atoms with Gasteiger partial charge in [-0.25, -0.2) is 4.99 Å². The average molecular weight is 550 g/mol. The van der Waals surface area contributed by atoms with E-state index in [9.17, 15) is 4.79 Å². The fraction of sp³-hybridized carbons (Fsp3) is 0.619. The van der Waals surface area contributed by atoms with Gasteiger partial charge in [0.1, 0.15) is 6.54 Å². The number of likely N-dealkylation sites (N-methyl/N-ethyl adjacent to an activating group) is 1. The molecule has 2 fully saturated rings. The van der Waals surface area contributed by atoms with Crippen LogP contribution in [0.25, 0.3) is 0 Å². The summed E-state index contributed by atoms with van der Waals surface area (Å²) in [5.41, 5.74) is 1.36. The fourth-order valence-electron chi connectivity index (χ4n) is 3.41. The van der Waals surface area contributed by atoms with E-state index >= 15 is 0 Å². The van der Waals surface area contributed by atoms with Gasteiger partial charge in [-0.3, -0.25) is 9.69 Å². The van der Waals surface area contributed by atoms with Crippen molar-refractivity contribution in [2.75, 3.05) is 66.6 Å². The maximum Gasteiger partial charge on any atom is 0.243 e. The SMILES string of the molecule is CN(C)C(=O)CN=C(NCCN1CCOCC1)NCC1(c2cccc(Cl)c2)CC1.I. The molecule has 7 nitrogen and oxygen atoms in total. The van der Waals surface area contributed by atoms with Gasteiger partial charge in [0.05, 0.1) is 13.2 Å². The maximum atomic E-state index is 12.0. The zero-order chi connectivity index (χ0) is 20.7. The predicted molar refractivity (Wildman–Crippen MR) is 132 cm³/mol. The van der Waals surface area contributed by atoms with Crippen LogP contribution in [0.15, 0.2) is 29.3 Å². The first-order valence-electron chi connectivity index (χ1n) is 10.3. The zero-order valence-electron chi connectivity index (χ0n) is 17.8. The van der Waals surface area contributed by atoms with Crippen LogP contribution in [0, 0.1) is 0 Å². The summed E-state index contributed by atoms with van der Waals surface area (Å²) in [6.45, 7) is 6.09. The monoisotopic (exact) mass is 549 g/mol. The second kappa shape index (κ2) is 12.1. The van der Waals surface area contributed by atoms with Gasteiger partial charge in [0, 0.05) is 57.3 Å². The Morgan fingerprint density at radius 3 is 2.63 bits per heavy atom. The molecule has 3 rings (SSSR count). The van der Waals surface area contributed by atoms with Crippen LogP contribution >= 0.6 is 35.6 Å². The smallest absolute Gasteiger partial charge is 0.243 e. The third-order valence-corrected chi connectivity index (χ3v) is 5.82. The van der Waals surface area contributed by atoms with Crippen molar-refractivity contribution < 1.29 is 9.53 Å². The van der Waals surface area contributed by atoms with E-state index < -0.39 is 0 Å². The molecule has 1 aromatic rings. The maximum absolute atomic E-state index is 12.0. The minimum absolute atomic E-state index is 0. The van der Waals surface area contributed by atoms with Crippen LogP contribution in [0.4, 0.5) is 0 Å². The molecule has 0 spiro atoms. The number of benzene rings is 1. The van der Waals surface area contributed by atoms with E-state index in [1.807, 2.05) is 12.1 Å². The molecule has 9 heteroatoms. The zero-order valence-corrected chi connectivity index (χ0v) is 20.9. The number of guanidine groups is 1. The van der Waals surface area contributed by atoms with Crippen molar-refractivity contribution in [3.8, 4) is 0 Å². The van der Waals surface area contributed by atoms with Crippen molar-refractivity contribution in [2.45, 2.75) is 18.3 Å². The summed E-state index contributed by atoms with van der Waals surface area (Å²) in [6.07, 6.45) is 2.25. The Kier molecular flexibility index (Phi) is 10.1. The molecule has 1 heterocycles. The Morgan fingerprint density at radius 2 is 2.00 bits per heavy atom. The highest BCUT2D eigenvalue weighted by molar-refractivity contribution is 14.0. The van der Waals surface area contributed by atoms with E-state index in [1.165, 1.54) is 5.56 Å². The predicted octanol–water partition coefficient (Wildman–Crippen LogP) is 1.95. The van der Waals surface area contributed by atoms with Crippen LogP contribution < -0.4 is 10.6 Å². The highest BCUT2D eigenvalue weighted by Gasteiger charge is 2.44. The molecule has 1 aliphatic heterocycles. The number of carbonyl (C=O) groups excluding carboxylic acids is 1. The van der Waals surface area contributed by atoms with Gasteiger partial charge >= 0.3 is 0 Å². The number of nitrogens with zero attached hydrogens (tertiary/aromatic N) is 3. The molecular weight excluding hydrogens is 517 g/mol. The third-order valence-electron chi connectivity index (χ3n) is 5.58. The van der Waals surface area contributed by atoms with Crippen molar-refractivity contribution in [3.05, 3.63) is 34.9 Å². The van der Waals surface area contributed by atoms with Gasteiger partial charge in [-0.15, -0.1) is 24.0 Å². The summed E-state index contributed by atoms with van der Waals surface area (Å²) in [4.78, 5) is 20.4. The van der Waals surface area contributed by atoms with E-state index in [0.29, 0.717) is 5.96 Å². The van der Waals surface area contributed by atoms with Gasteiger partial charge in [0.25, 0.3) is 0 Å². The summed E-state index contributed by atoms with van der Waals surface area (Å²) < 4.78 is 5.40. The topological polar surface area (TPSA) is 69.2 Å². The molecule has 0 radical (unpaired) electrons. The number of rotatable bonds is 8. The lowest BCUT2D eigenvalue weighted by atomic mass is 9.96. The molecule has 1 aromatic carbocycles. The van der Waals surface area contributed by atoms with Crippen LogP contribution in [0.2, 0.25) is 5.02 Å². The van der Waals surface area contributed by atoms with Gasteiger partial charge in [0.15, 0.2) is 5.96 Å². The van der Waals surface area contributed by atoms with Crippen LogP contribution in [0.3, 0.4) is 0 Å². The molecule has 0 aromatic heterocycles. The van der Waals surface area contributed by atoms with Crippen LogP contribution in [-0.2, 0) is 14.9 Å². The molecule has 0 atom stereocenters. The molecule has 1 saturated heterocycles. The molecule has 2 N–H and O–H groups in total. The highest BCUT2D eigenvalue weighted by Crippen LogP contribution is 2.48. The molecule has 1 amide bonds. The number of amides is 1. The number of nitrogens with one attached hydrogen (secondary N) is 2. The summed E-state index contributed by atoms with van der Waals surface area (Å²) in [5, 5.41) is 7.61. The molecule has 168 valence electrons. The first-order valence-corrected chi connectivity index (χ1v) is 10.6. The number of hydrogen-bond acceptors (Lipinski definition) is 4. The minimum Gasteiger partial charge on any atom is -0.379 e. The van der Waals surface area contributed by atoms with Crippen molar-refractivity contribution in [1.82, 2.24) is 20.4 Å². The third kappa shape index (κ3) is 7.55. The van der Waals surface area contributed by atoms with Crippen LogP contribution in [-0.4, -0.2) is 88.2 Å². The van der Waals surface area contributed by atoms with Crippen molar-refractivity contribution in [2.24, 2.45) is 4.99 Å². The quantitative estimate of drug-likeness (QED) is 0.295. The van der Waals surface area contributed by atoms with E-state index in [4.69, 9.17) is 16.3 Å². The number of aliphatic imine (C=N–C) groups is 1. The number of carbonyl (C=O) groups is 1. The normalized spacial score (nSPS) is 18.3. The lowest BCUT2D eigenvalue weighted by molar-refractivity contribution is -0.127. The second-order valence-corrected chi connectivity index (χ2v) is 8.41. The van der Waals surface area contributed by atoms with Crippen LogP contribution in [0.5, 0.6) is 0 Å². The first kappa shape index (κ1) is 25.2. The Morgan fingerprint density at radius 1 is 1.27 bits per heavy atom. The van der Waals surface area contributed by atoms with E-state index in [1.54, 1.807) is 19.0 Å². The Labute approximate surface area is 201 Å². The number of hydrogen-bond donors (Lipinski definition) is 2. The lowest BCUT2D eigenvalue weighted by Gasteiger charge is -2.27. The number of halogens is 2. The van der Waals surface area contributed by atoms with Gasteiger partial charge in [-0.05, 0) is 30.5 Å². The van der Waals surface area contributed by atoms with Crippen molar-refractivity contribution in [1.29, 1.82) is 0 Å². The summed E-state index contributed by atoms with van der Waals surface area (Å²) in [6, 6.07) is 8.10. The minimum atomic E-state index is -0.0183. The highest BCUT2D eigenvalue weighted by atomic mass is 127. The van der Waals surface area contributed by atoms with Crippen molar-refractivity contribution >= 4 is 47.4 Å². The second-order valence-electron chi connectivity index (χ2n) is 7.98. The van der Waals surface area contributed by atoms with Crippen molar-refractivity contribution in [3.63, 3.8) is 0 Å². The molecule has 0 unspecified atom stereocenters. The number of morpholine rings is 1. The fourth-order valence-corrected chi connectivity index (χ4v) is 3.60. The molecule has 1 saturated carbocycles. The standard InChI is InChI=1S/C21H32ClN5O2.HI/c1-26(2)19(28)15-24-20(23-8-9-27-10-12-29-13-11-27)25-16-21(6-7-21)17-4-3-5-18(22)14-17;/h3-5,14H,6-13,15-16H2,1-2H3,(H2,23,24,25);1H. The molecular formula is C21H33ClIN5O2. The summed E-state index contributed by atoms with van der Waals surface area (Å²) >= 11 is 6.19. The van der Waals surface area contributed by atoms with E-state index in [2.05, 4.69) is 32.7 Å². The molecule has 2 aliphatic rings. The van der Waals surface area contributed by atoms with Gasteiger partial charge < -0.3 is 20.3 Å². The molecule has 30 heavy (non-hydrogen) atoms. The van der Waals surface area contributed by atoms with E-state index in [0.717, 1.165) is 63.8 Å². The molecule has 0 bridgehead atoms. The summed E-state index contributed by atoms with van der Waals surface area (Å²) in [5.74, 6) is 0.664. The summed E-state index contributed by atoms with van der Waals surface area (Å²) in [7, 11) is 3.49. The average Bonchev–Trinajstić information content (AvgIpc) is 3.51. The van der Waals surface area contributed by atoms with Crippen LogP contribution in [0.1, 0.15) is 18.4 Å². The Balaban J connectivity index is 0.00000320. The Bertz CT molecular complexity index is 721. The molecule has 1 aliphatic carbocycles. The largest absolute Gasteiger partial charge is 0.379 e.